The number of benzene rings is 1. The highest BCUT2D eigenvalue weighted by atomic mass is 32.1. The number of hydrogen-bond donors (Lipinski definition) is 1. The van der Waals surface area contributed by atoms with Crippen LogP contribution in [-0.2, 0) is 22.4 Å². The predicted molar refractivity (Wildman–Crippen MR) is 139 cm³/mol. The van der Waals surface area contributed by atoms with Gasteiger partial charge in [0.05, 0.1) is 11.3 Å². The van der Waals surface area contributed by atoms with E-state index in [0.717, 1.165) is 63.7 Å². The molecule has 1 aliphatic carbocycles. The lowest BCUT2D eigenvalue weighted by Crippen LogP contribution is -2.54. The fourth-order valence-corrected chi connectivity index (χ4v) is 6.53. The van der Waals surface area contributed by atoms with E-state index in [1.165, 1.54) is 4.88 Å². The van der Waals surface area contributed by atoms with Crippen molar-refractivity contribution in [2.45, 2.75) is 53.4 Å². The molecule has 8 heteroatoms. The number of thiophene rings is 1. The van der Waals surface area contributed by atoms with Gasteiger partial charge in [0.2, 0.25) is 0 Å². The lowest BCUT2D eigenvalue weighted by atomic mass is 9.96. The van der Waals surface area contributed by atoms with Crippen LogP contribution in [0.4, 0.5) is 10.5 Å². The number of nitrogens with one attached hydrogen (secondary N) is 1. The van der Waals surface area contributed by atoms with Gasteiger partial charge in [-0.2, -0.15) is 5.26 Å². The number of barbiturate groups is 1. The minimum atomic E-state index is -0.760. The Morgan fingerprint density at radius 1 is 1.08 bits per heavy atom. The number of amides is 4. The number of aryl methyl sites for hydroxylation is 3. The summed E-state index contributed by atoms with van der Waals surface area (Å²) in [6.45, 7) is 7.60. The van der Waals surface area contributed by atoms with Crippen molar-refractivity contribution in [1.82, 2.24) is 9.88 Å². The Kier molecular flexibility index (Phi) is 5.89. The van der Waals surface area contributed by atoms with Crippen molar-refractivity contribution in [2.24, 2.45) is 0 Å². The number of anilines is 1. The first kappa shape index (κ1) is 23.8. The molecule has 3 aromatic rings. The molecule has 0 spiro atoms. The van der Waals surface area contributed by atoms with Crippen LogP contribution in [0.25, 0.3) is 11.1 Å². The number of nitrogens with zero attached hydrogens (tertiary/aromatic N) is 3. The van der Waals surface area contributed by atoms with Crippen LogP contribution in [0, 0.1) is 39.0 Å². The molecule has 1 saturated heterocycles. The number of fused-ring (bicyclic) bond motifs is 1. The Morgan fingerprint density at radius 2 is 1.83 bits per heavy atom. The SMILES string of the molecule is Cc1cccc(N2C(=O)NC(=O)C(=Cc3cc(C)n(-c4sc5c(c4C#N)CCCC5)c3C)C2=O)c1C. The van der Waals surface area contributed by atoms with Gasteiger partial charge in [-0.3, -0.25) is 14.9 Å². The number of carbonyl (C=O) groups is 3. The third kappa shape index (κ3) is 3.67. The Hall–Kier alpha value is -3.96. The summed E-state index contributed by atoms with van der Waals surface area (Å²) in [5.74, 6) is -1.38. The molecule has 0 atom stereocenters. The molecule has 4 amide bonds. The lowest BCUT2D eigenvalue weighted by Gasteiger charge is -2.28. The smallest absolute Gasteiger partial charge is 0.308 e. The van der Waals surface area contributed by atoms with E-state index < -0.39 is 17.8 Å². The van der Waals surface area contributed by atoms with E-state index in [9.17, 15) is 19.6 Å². The molecule has 3 heterocycles. The van der Waals surface area contributed by atoms with E-state index in [4.69, 9.17) is 0 Å². The fraction of sp³-hybridized carbons (Fsp3) is 0.286. The van der Waals surface area contributed by atoms with Gasteiger partial charge in [-0.15, -0.1) is 11.3 Å². The molecule has 5 rings (SSSR count). The normalized spacial score (nSPS) is 16.8. The van der Waals surface area contributed by atoms with Gasteiger partial charge in [0.1, 0.15) is 16.6 Å². The van der Waals surface area contributed by atoms with Gasteiger partial charge in [0.15, 0.2) is 0 Å². The van der Waals surface area contributed by atoms with E-state index in [-0.39, 0.29) is 5.57 Å². The average molecular weight is 499 g/mol. The minimum Gasteiger partial charge on any atom is -0.308 e. The van der Waals surface area contributed by atoms with Crippen LogP contribution in [0.15, 0.2) is 29.8 Å². The Balaban J connectivity index is 1.59. The number of hydrogen-bond acceptors (Lipinski definition) is 5. The van der Waals surface area contributed by atoms with Crippen molar-refractivity contribution in [1.29, 1.82) is 5.26 Å². The second-order valence-corrected chi connectivity index (χ2v) is 10.4. The second-order valence-electron chi connectivity index (χ2n) is 9.34. The molecule has 1 N–H and O–H groups in total. The van der Waals surface area contributed by atoms with Crippen molar-refractivity contribution in [3.63, 3.8) is 0 Å². The summed E-state index contributed by atoms with van der Waals surface area (Å²) in [7, 11) is 0. The standard InChI is InChI=1S/C28H26N4O3S/c1-15-8-7-10-23(17(15)3)32-26(34)21(25(33)30-28(32)35)13-19-12-16(2)31(18(19)4)27-22(14-29)20-9-5-6-11-24(20)36-27/h7-8,10,12-13H,5-6,9,11H2,1-4H3,(H,30,33,35). The van der Waals surface area contributed by atoms with E-state index in [1.54, 1.807) is 29.5 Å². The number of aromatic nitrogens is 1. The number of imide groups is 2. The molecule has 1 fully saturated rings. The number of urea groups is 1. The zero-order valence-corrected chi connectivity index (χ0v) is 21.5. The maximum atomic E-state index is 13.4. The highest BCUT2D eigenvalue weighted by Gasteiger charge is 2.38. The van der Waals surface area contributed by atoms with Crippen LogP contribution in [0.1, 0.15) is 56.9 Å². The molecule has 7 nitrogen and oxygen atoms in total. The topological polar surface area (TPSA) is 95.2 Å². The molecule has 0 radical (unpaired) electrons. The molecule has 1 aromatic carbocycles. The largest absolute Gasteiger partial charge is 0.335 e. The molecule has 2 aliphatic rings. The number of rotatable bonds is 3. The van der Waals surface area contributed by atoms with E-state index in [0.29, 0.717) is 16.8 Å². The van der Waals surface area contributed by atoms with Gasteiger partial charge < -0.3 is 4.57 Å². The molecule has 1 aliphatic heterocycles. The molecule has 182 valence electrons. The Bertz CT molecular complexity index is 1530. The van der Waals surface area contributed by atoms with Crippen LogP contribution in [0.5, 0.6) is 0 Å². The van der Waals surface area contributed by atoms with Crippen molar-refractivity contribution >= 4 is 40.9 Å². The van der Waals surface area contributed by atoms with Crippen LogP contribution in [-0.4, -0.2) is 22.4 Å². The summed E-state index contributed by atoms with van der Waals surface area (Å²) in [5.41, 5.74) is 6.35. The molecular weight excluding hydrogens is 472 g/mol. The van der Waals surface area contributed by atoms with Gasteiger partial charge >= 0.3 is 6.03 Å². The van der Waals surface area contributed by atoms with E-state index in [2.05, 4.69) is 11.4 Å². The summed E-state index contributed by atoms with van der Waals surface area (Å²) in [4.78, 5) is 41.2. The molecule has 0 bridgehead atoms. The zero-order chi connectivity index (χ0) is 25.7. The van der Waals surface area contributed by atoms with Crippen molar-refractivity contribution in [3.8, 4) is 11.1 Å². The fourth-order valence-electron chi connectivity index (χ4n) is 5.08. The number of carbonyl (C=O) groups excluding carboxylic acids is 3. The van der Waals surface area contributed by atoms with Crippen molar-refractivity contribution in [2.75, 3.05) is 4.90 Å². The zero-order valence-electron chi connectivity index (χ0n) is 20.7. The van der Waals surface area contributed by atoms with Crippen LogP contribution < -0.4 is 10.2 Å². The van der Waals surface area contributed by atoms with Crippen molar-refractivity contribution in [3.05, 3.63) is 73.9 Å². The van der Waals surface area contributed by atoms with Crippen LogP contribution in [0.2, 0.25) is 0 Å². The quantitative estimate of drug-likeness (QED) is 0.397. The van der Waals surface area contributed by atoms with Gasteiger partial charge in [0.25, 0.3) is 11.8 Å². The second kappa shape index (κ2) is 8.92. The van der Waals surface area contributed by atoms with Crippen molar-refractivity contribution < 1.29 is 14.4 Å². The first-order chi connectivity index (χ1) is 17.2. The average Bonchev–Trinajstić information content (AvgIpc) is 3.34. The van der Waals surface area contributed by atoms with Gasteiger partial charge in [-0.1, -0.05) is 12.1 Å². The third-order valence-corrected chi connectivity index (χ3v) is 8.43. The van der Waals surface area contributed by atoms with Gasteiger partial charge in [-0.25, -0.2) is 9.69 Å². The van der Waals surface area contributed by atoms with E-state index in [1.807, 2.05) is 44.4 Å². The Morgan fingerprint density at radius 3 is 2.58 bits per heavy atom. The molecule has 0 saturated carbocycles. The van der Waals surface area contributed by atoms with Gasteiger partial charge in [-0.05, 0) is 93.8 Å². The summed E-state index contributed by atoms with van der Waals surface area (Å²) in [5, 5.41) is 13.1. The first-order valence-corrected chi connectivity index (χ1v) is 12.8. The molecule has 0 unspecified atom stereocenters. The number of nitriles is 1. The van der Waals surface area contributed by atoms with Gasteiger partial charge in [0, 0.05) is 16.3 Å². The third-order valence-electron chi connectivity index (χ3n) is 7.16. The monoisotopic (exact) mass is 498 g/mol. The Labute approximate surface area is 213 Å². The highest BCUT2D eigenvalue weighted by molar-refractivity contribution is 7.15. The minimum absolute atomic E-state index is 0.110. The first-order valence-electron chi connectivity index (χ1n) is 11.9. The summed E-state index contributed by atoms with van der Waals surface area (Å²) >= 11 is 1.65. The van der Waals surface area contributed by atoms with E-state index >= 15 is 0 Å². The molecule has 2 aromatic heterocycles. The summed E-state index contributed by atoms with van der Waals surface area (Å²) in [6, 6.07) is 8.93. The summed E-state index contributed by atoms with van der Waals surface area (Å²) < 4.78 is 2.03. The predicted octanol–water partition coefficient (Wildman–Crippen LogP) is 5.19. The highest BCUT2D eigenvalue weighted by Crippen LogP contribution is 2.38. The van der Waals surface area contributed by atoms with Crippen LogP contribution >= 0.6 is 11.3 Å². The maximum absolute atomic E-state index is 13.4. The molecule has 36 heavy (non-hydrogen) atoms. The summed E-state index contributed by atoms with van der Waals surface area (Å²) in [6.07, 6.45) is 5.67. The molecular formula is C28H26N4O3S. The lowest BCUT2D eigenvalue weighted by molar-refractivity contribution is -0.122. The van der Waals surface area contributed by atoms with Crippen LogP contribution in [0.3, 0.4) is 0 Å². The maximum Gasteiger partial charge on any atom is 0.335 e.